The molecule has 0 bridgehead atoms. The summed E-state index contributed by atoms with van der Waals surface area (Å²) in [6, 6.07) is 1.94. The van der Waals surface area contributed by atoms with Crippen molar-refractivity contribution in [1.82, 2.24) is 5.32 Å². The smallest absolute Gasteiger partial charge is 0.408 e. The van der Waals surface area contributed by atoms with Crippen molar-refractivity contribution in [3.63, 3.8) is 0 Å². The third-order valence-electron chi connectivity index (χ3n) is 2.60. The lowest BCUT2D eigenvalue weighted by molar-refractivity contribution is -0.117. The van der Waals surface area contributed by atoms with Gasteiger partial charge in [-0.3, -0.25) is 4.79 Å². The first-order valence-corrected chi connectivity index (χ1v) is 7.13. The first kappa shape index (κ1) is 18.2. The van der Waals surface area contributed by atoms with Crippen LogP contribution in [0.3, 0.4) is 0 Å². The third kappa shape index (κ3) is 5.52. The van der Waals surface area contributed by atoms with Crippen molar-refractivity contribution < 1.29 is 18.7 Å². The van der Waals surface area contributed by atoms with Crippen LogP contribution >= 0.6 is 11.6 Å². The molecule has 0 aromatic heterocycles. The summed E-state index contributed by atoms with van der Waals surface area (Å²) in [6.07, 6.45) is -0.691. The van der Waals surface area contributed by atoms with Gasteiger partial charge in [0.05, 0.1) is 5.02 Å². The molecule has 0 aliphatic carbocycles. The number of carbonyl (C=O) groups excluding carboxylic acids is 2. The number of ether oxygens (including phenoxy) is 1. The highest BCUT2D eigenvalue weighted by molar-refractivity contribution is 6.31. The quantitative estimate of drug-likeness (QED) is 0.889. The zero-order valence-electron chi connectivity index (χ0n) is 13.2. The van der Waals surface area contributed by atoms with Crippen molar-refractivity contribution in [2.24, 2.45) is 0 Å². The third-order valence-corrected chi connectivity index (χ3v) is 2.88. The molecule has 0 aliphatic heterocycles. The fourth-order valence-corrected chi connectivity index (χ4v) is 1.87. The Morgan fingerprint density at radius 2 is 1.91 bits per heavy atom. The van der Waals surface area contributed by atoms with Crippen molar-refractivity contribution >= 4 is 29.3 Å². The monoisotopic (exact) mass is 330 g/mol. The summed E-state index contributed by atoms with van der Waals surface area (Å²) in [6.45, 7) is 8.22. The van der Waals surface area contributed by atoms with Gasteiger partial charge in [0.1, 0.15) is 17.5 Å². The van der Waals surface area contributed by atoms with Gasteiger partial charge in [-0.05, 0) is 52.3 Å². The largest absolute Gasteiger partial charge is 0.444 e. The Labute approximate surface area is 134 Å². The number of amides is 2. The van der Waals surface area contributed by atoms with Crippen molar-refractivity contribution in [1.29, 1.82) is 0 Å². The maximum atomic E-state index is 13.4. The Hall–Kier alpha value is -1.82. The lowest BCUT2D eigenvalue weighted by Gasteiger charge is -2.21. The Balaban J connectivity index is 2.67. The van der Waals surface area contributed by atoms with Gasteiger partial charge in [-0.25, -0.2) is 9.18 Å². The molecule has 5 nitrogen and oxygen atoms in total. The standard InChI is InChI=1S/C15H20ClFN2O3/c1-8-6-10(7-11(16)12(8)17)19-13(20)9(2)18-14(21)22-15(3,4)5/h6-7,9H,1-5H3,(H,18,21)(H,19,20). The maximum Gasteiger partial charge on any atom is 0.408 e. The van der Waals surface area contributed by atoms with Crippen LogP contribution in [-0.4, -0.2) is 23.6 Å². The molecule has 0 spiro atoms. The number of hydrogen-bond donors (Lipinski definition) is 2. The van der Waals surface area contributed by atoms with Gasteiger partial charge in [-0.1, -0.05) is 11.6 Å². The van der Waals surface area contributed by atoms with E-state index in [1.807, 2.05) is 0 Å². The van der Waals surface area contributed by atoms with Crippen LogP contribution in [0.15, 0.2) is 12.1 Å². The average molecular weight is 331 g/mol. The van der Waals surface area contributed by atoms with E-state index < -0.39 is 29.5 Å². The van der Waals surface area contributed by atoms with Crippen molar-refractivity contribution in [3.8, 4) is 0 Å². The van der Waals surface area contributed by atoms with E-state index in [9.17, 15) is 14.0 Å². The van der Waals surface area contributed by atoms with Crippen molar-refractivity contribution in [2.45, 2.75) is 46.3 Å². The topological polar surface area (TPSA) is 67.4 Å². The van der Waals surface area contributed by atoms with Crippen LogP contribution in [-0.2, 0) is 9.53 Å². The van der Waals surface area contributed by atoms with Gasteiger partial charge >= 0.3 is 6.09 Å². The van der Waals surface area contributed by atoms with Gasteiger partial charge < -0.3 is 15.4 Å². The number of rotatable bonds is 3. The number of aryl methyl sites for hydroxylation is 1. The number of benzene rings is 1. The normalized spacial score (nSPS) is 12.5. The number of nitrogens with one attached hydrogen (secondary N) is 2. The van der Waals surface area contributed by atoms with Gasteiger partial charge in [0.15, 0.2) is 0 Å². The molecular weight excluding hydrogens is 311 g/mol. The van der Waals surface area contributed by atoms with E-state index >= 15 is 0 Å². The fraction of sp³-hybridized carbons (Fsp3) is 0.467. The van der Waals surface area contributed by atoms with Gasteiger partial charge in [0.2, 0.25) is 5.91 Å². The molecule has 1 rings (SSSR count). The molecule has 2 N–H and O–H groups in total. The fourth-order valence-electron chi connectivity index (χ4n) is 1.60. The SMILES string of the molecule is Cc1cc(NC(=O)C(C)NC(=O)OC(C)(C)C)cc(Cl)c1F. The molecule has 1 atom stereocenters. The van der Waals surface area contributed by atoms with E-state index in [-0.39, 0.29) is 5.02 Å². The first-order valence-electron chi connectivity index (χ1n) is 6.75. The van der Waals surface area contributed by atoms with Gasteiger partial charge in [-0.2, -0.15) is 0 Å². The minimum Gasteiger partial charge on any atom is -0.444 e. The summed E-state index contributed by atoms with van der Waals surface area (Å²) in [5, 5.41) is 4.89. The van der Waals surface area contributed by atoms with Crippen LogP contribution in [0.4, 0.5) is 14.9 Å². The second kappa shape index (κ2) is 6.96. The highest BCUT2D eigenvalue weighted by atomic mass is 35.5. The van der Waals surface area contributed by atoms with Crippen LogP contribution < -0.4 is 10.6 Å². The number of carbonyl (C=O) groups is 2. The first-order chi connectivity index (χ1) is 9.99. The predicted octanol–water partition coefficient (Wildman–Crippen LogP) is 3.64. The van der Waals surface area contributed by atoms with Crippen LogP contribution in [0.5, 0.6) is 0 Å². The molecule has 0 saturated heterocycles. The minimum atomic E-state index is -0.820. The summed E-state index contributed by atoms with van der Waals surface area (Å²) < 4.78 is 18.5. The summed E-state index contributed by atoms with van der Waals surface area (Å²) in [7, 11) is 0. The molecule has 0 aliphatic rings. The molecule has 7 heteroatoms. The van der Waals surface area contributed by atoms with Gasteiger partial charge in [0.25, 0.3) is 0 Å². The number of anilines is 1. The molecule has 1 aromatic rings. The summed E-state index contributed by atoms with van der Waals surface area (Å²) >= 11 is 5.72. The molecule has 0 heterocycles. The summed E-state index contributed by atoms with van der Waals surface area (Å²) in [5.74, 6) is -0.993. The van der Waals surface area contributed by atoms with E-state index in [0.717, 1.165) is 0 Å². The zero-order valence-corrected chi connectivity index (χ0v) is 14.0. The maximum absolute atomic E-state index is 13.4. The Morgan fingerprint density at radius 1 is 1.32 bits per heavy atom. The van der Waals surface area contributed by atoms with Crippen molar-refractivity contribution in [3.05, 3.63) is 28.5 Å². The lowest BCUT2D eigenvalue weighted by Crippen LogP contribution is -2.44. The van der Waals surface area contributed by atoms with E-state index in [4.69, 9.17) is 16.3 Å². The van der Waals surface area contributed by atoms with E-state index in [0.29, 0.717) is 11.3 Å². The Kier molecular flexibility index (Phi) is 5.77. The average Bonchev–Trinajstić information content (AvgIpc) is 2.33. The Morgan fingerprint density at radius 3 is 2.41 bits per heavy atom. The summed E-state index contributed by atoms with van der Waals surface area (Å²) in [5.41, 5.74) is 0.0179. The molecular formula is C15H20ClFN2O3. The van der Waals surface area contributed by atoms with Crippen molar-refractivity contribution in [2.75, 3.05) is 5.32 Å². The number of halogens is 2. The second-order valence-electron chi connectivity index (χ2n) is 5.95. The van der Waals surface area contributed by atoms with E-state index in [1.54, 1.807) is 27.7 Å². The lowest BCUT2D eigenvalue weighted by atomic mass is 10.2. The molecule has 0 saturated carbocycles. The predicted molar refractivity (Wildman–Crippen MR) is 83.6 cm³/mol. The molecule has 0 radical (unpaired) electrons. The number of hydrogen-bond acceptors (Lipinski definition) is 3. The molecule has 122 valence electrons. The highest BCUT2D eigenvalue weighted by Gasteiger charge is 2.21. The van der Waals surface area contributed by atoms with Crippen LogP contribution in [0, 0.1) is 12.7 Å². The van der Waals surface area contributed by atoms with E-state index in [1.165, 1.54) is 19.1 Å². The minimum absolute atomic E-state index is 0.0805. The zero-order chi connectivity index (χ0) is 17.1. The Bertz CT molecular complexity index is 562. The molecule has 2 amide bonds. The van der Waals surface area contributed by atoms with Gasteiger partial charge in [-0.15, -0.1) is 0 Å². The molecule has 1 unspecified atom stereocenters. The highest BCUT2D eigenvalue weighted by Crippen LogP contribution is 2.23. The molecule has 0 fully saturated rings. The molecule has 1 aromatic carbocycles. The van der Waals surface area contributed by atoms with Crippen LogP contribution in [0.2, 0.25) is 5.02 Å². The number of alkyl carbamates (subject to hydrolysis) is 1. The van der Waals surface area contributed by atoms with Crippen LogP contribution in [0.25, 0.3) is 0 Å². The van der Waals surface area contributed by atoms with Crippen LogP contribution in [0.1, 0.15) is 33.3 Å². The summed E-state index contributed by atoms with van der Waals surface area (Å²) in [4.78, 5) is 23.6. The molecule has 22 heavy (non-hydrogen) atoms. The van der Waals surface area contributed by atoms with E-state index in [2.05, 4.69) is 10.6 Å². The second-order valence-corrected chi connectivity index (χ2v) is 6.35. The van der Waals surface area contributed by atoms with Gasteiger partial charge in [0, 0.05) is 5.69 Å².